The molecule has 1 saturated heterocycles. The number of aryl methyl sites for hydroxylation is 1. The second-order valence-corrected chi connectivity index (χ2v) is 7.15. The van der Waals surface area contributed by atoms with Crippen LogP contribution in [0.4, 0.5) is 0 Å². The van der Waals surface area contributed by atoms with Gasteiger partial charge in [-0.1, -0.05) is 6.42 Å². The highest BCUT2D eigenvalue weighted by Gasteiger charge is 2.41. The van der Waals surface area contributed by atoms with Gasteiger partial charge in [0.1, 0.15) is 0 Å². The van der Waals surface area contributed by atoms with Gasteiger partial charge >= 0.3 is 0 Å². The summed E-state index contributed by atoms with van der Waals surface area (Å²) in [4.78, 5) is 2.58. The molecule has 1 aromatic heterocycles. The third kappa shape index (κ3) is 2.39. The van der Waals surface area contributed by atoms with Crippen molar-refractivity contribution in [2.75, 3.05) is 6.54 Å². The van der Waals surface area contributed by atoms with E-state index < -0.39 is 0 Å². The molecule has 4 heteroatoms. The normalized spacial score (nSPS) is 37.0. The Morgan fingerprint density at radius 2 is 2.15 bits per heavy atom. The van der Waals surface area contributed by atoms with E-state index in [-0.39, 0.29) is 0 Å². The Balaban J connectivity index is 1.37. The molecule has 20 heavy (non-hydrogen) atoms. The van der Waals surface area contributed by atoms with Gasteiger partial charge in [-0.15, -0.1) is 10.2 Å². The van der Waals surface area contributed by atoms with Crippen LogP contribution >= 0.6 is 0 Å². The fourth-order valence-corrected chi connectivity index (χ4v) is 4.96. The summed E-state index contributed by atoms with van der Waals surface area (Å²) in [7, 11) is 0. The first kappa shape index (κ1) is 12.8. The van der Waals surface area contributed by atoms with Gasteiger partial charge < -0.3 is 4.42 Å². The molecule has 3 fully saturated rings. The lowest BCUT2D eigenvalue weighted by molar-refractivity contribution is 0.172. The molecular formula is C16H25N3O. The van der Waals surface area contributed by atoms with Crippen molar-refractivity contribution in [3.63, 3.8) is 0 Å². The number of likely N-dealkylation sites (tertiary alicyclic amines) is 1. The zero-order chi connectivity index (χ0) is 13.5. The Morgan fingerprint density at radius 1 is 1.20 bits per heavy atom. The number of nitrogens with zero attached hydrogens (tertiary/aromatic N) is 3. The van der Waals surface area contributed by atoms with Crippen LogP contribution in [0.1, 0.15) is 56.7 Å². The zero-order valence-electron chi connectivity index (χ0n) is 12.4. The van der Waals surface area contributed by atoms with Gasteiger partial charge in [-0.05, 0) is 62.8 Å². The van der Waals surface area contributed by atoms with E-state index in [9.17, 15) is 0 Å². The highest BCUT2D eigenvalue weighted by molar-refractivity contribution is 4.94. The Labute approximate surface area is 120 Å². The summed E-state index contributed by atoms with van der Waals surface area (Å²) in [5.74, 6) is 4.60. The van der Waals surface area contributed by atoms with Crippen molar-refractivity contribution in [1.82, 2.24) is 15.1 Å². The summed E-state index contributed by atoms with van der Waals surface area (Å²) in [5, 5.41) is 8.10. The third-order valence-corrected chi connectivity index (χ3v) is 5.86. The van der Waals surface area contributed by atoms with Crippen LogP contribution in [0.25, 0.3) is 0 Å². The standard InChI is InChI=1S/C16H25N3O/c1-11-17-18-16(20-11)10-19-6-2-3-15(19)9-14-8-12-4-5-13(14)7-12/h12-15H,2-10H2,1H3/t12-,13-,14+,15-/m0/s1. The predicted octanol–water partition coefficient (Wildman–Crippen LogP) is 3.17. The molecule has 2 aliphatic carbocycles. The molecule has 110 valence electrons. The van der Waals surface area contributed by atoms with Crippen molar-refractivity contribution in [2.45, 2.75) is 64.5 Å². The fourth-order valence-electron chi connectivity index (χ4n) is 4.96. The Bertz CT molecular complexity index is 472. The van der Waals surface area contributed by atoms with Crippen LogP contribution in [0.15, 0.2) is 4.42 Å². The highest BCUT2D eigenvalue weighted by atomic mass is 16.4. The first-order valence-corrected chi connectivity index (χ1v) is 8.31. The van der Waals surface area contributed by atoms with Crippen molar-refractivity contribution >= 4 is 0 Å². The average molecular weight is 275 g/mol. The molecule has 2 saturated carbocycles. The molecule has 2 bridgehead atoms. The summed E-state index contributed by atoms with van der Waals surface area (Å²) in [6.45, 7) is 3.92. The van der Waals surface area contributed by atoms with Gasteiger partial charge in [0.05, 0.1) is 6.54 Å². The molecule has 0 radical (unpaired) electrons. The van der Waals surface area contributed by atoms with E-state index in [0.717, 1.165) is 36.2 Å². The van der Waals surface area contributed by atoms with Crippen molar-refractivity contribution in [1.29, 1.82) is 0 Å². The SMILES string of the molecule is Cc1nnc(CN2CCC[C@H]2C[C@H]2C[C@H]3CC[C@H]2C3)o1. The summed E-state index contributed by atoms with van der Waals surface area (Å²) in [5.41, 5.74) is 0. The molecule has 2 heterocycles. The lowest BCUT2D eigenvalue weighted by Gasteiger charge is -2.29. The molecule has 4 rings (SSSR count). The second-order valence-electron chi connectivity index (χ2n) is 7.15. The predicted molar refractivity (Wildman–Crippen MR) is 76.0 cm³/mol. The minimum atomic E-state index is 0.684. The van der Waals surface area contributed by atoms with Gasteiger partial charge in [0.2, 0.25) is 11.8 Å². The summed E-state index contributed by atoms with van der Waals surface area (Å²) in [6.07, 6.45) is 10.2. The molecule has 1 aromatic rings. The minimum absolute atomic E-state index is 0.684. The van der Waals surface area contributed by atoms with E-state index in [1.807, 2.05) is 6.92 Å². The molecule has 0 N–H and O–H groups in total. The monoisotopic (exact) mass is 275 g/mol. The number of hydrogen-bond donors (Lipinski definition) is 0. The Kier molecular flexibility index (Phi) is 3.29. The van der Waals surface area contributed by atoms with E-state index in [4.69, 9.17) is 4.42 Å². The molecule has 3 aliphatic rings. The largest absolute Gasteiger partial charge is 0.424 e. The Morgan fingerprint density at radius 3 is 2.85 bits per heavy atom. The zero-order valence-corrected chi connectivity index (χ0v) is 12.4. The van der Waals surface area contributed by atoms with Gasteiger partial charge in [0, 0.05) is 13.0 Å². The van der Waals surface area contributed by atoms with Crippen molar-refractivity contribution in [3.05, 3.63) is 11.8 Å². The van der Waals surface area contributed by atoms with Gasteiger partial charge in [-0.2, -0.15) is 0 Å². The Hall–Kier alpha value is -0.900. The molecule has 4 nitrogen and oxygen atoms in total. The molecular weight excluding hydrogens is 250 g/mol. The van der Waals surface area contributed by atoms with Crippen molar-refractivity contribution in [3.8, 4) is 0 Å². The van der Waals surface area contributed by atoms with Crippen LogP contribution in [-0.2, 0) is 6.54 Å². The van der Waals surface area contributed by atoms with Crippen LogP contribution in [-0.4, -0.2) is 27.7 Å². The van der Waals surface area contributed by atoms with E-state index >= 15 is 0 Å². The maximum absolute atomic E-state index is 5.55. The van der Waals surface area contributed by atoms with Crippen LogP contribution in [0, 0.1) is 24.7 Å². The van der Waals surface area contributed by atoms with E-state index in [2.05, 4.69) is 15.1 Å². The summed E-state index contributed by atoms with van der Waals surface area (Å²) >= 11 is 0. The summed E-state index contributed by atoms with van der Waals surface area (Å²) < 4.78 is 5.55. The molecule has 1 aliphatic heterocycles. The number of hydrogen-bond acceptors (Lipinski definition) is 4. The maximum Gasteiger partial charge on any atom is 0.230 e. The number of fused-ring (bicyclic) bond motifs is 2. The second kappa shape index (κ2) is 5.14. The quantitative estimate of drug-likeness (QED) is 0.846. The highest BCUT2D eigenvalue weighted by Crippen LogP contribution is 2.50. The fraction of sp³-hybridized carbons (Fsp3) is 0.875. The average Bonchev–Trinajstić information content (AvgIpc) is 3.17. The van der Waals surface area contributed by atoms with Gasteiger partial charge in [0.25, 0.3) is 0 Å². The minimum Gasteiger partial charge on any atom is -0.424 e. The van der Waals surface area contributed by atoms with E-state index in [0.29, 0.717) is 5.89 Å². The molecule has 0 amide bonds. The third-order valence-electron chi connectivity index (χ3n) is 5.86. The van der Waals surface area contributed by atoms with Gasteiger partial charge in [-0.3, -0.25) is 4.90 Å². The molecule has 0 spiro atoms. The van der Waals surface area contributed by atoms with Crippen LogP contribution in [0.3, 0.4) is 0 Å². The molecule has 0 unspecified atom stereocenters. The maximum atomic E-state index is 5.55. The van der Waals surface area contributed by atoms with Gasteiger partial charge in [-0.25, -0.2) is 0 Å². The summed E-state index contributed by atoms with van der Waals surface area (Å²) in [6, 6.07) is 0.756. The van der Waals surface area contributed by atoms with Gasteiger partial charge in [0.15, 0.2) is 0 Å². The first-order chi connectivity index (χ1) is 9.78. The number of rotatable bonds is 4. The topological polar surface area (TPSA) is 42.2 Å². The lowest BCUT2D eigenvalue weighted by atomic mass is 9.84. The number of aromatic nitrogens is 2. The smallest absolute Gasteiger partial charge is 0.230 e. The van der Waals surface area contributed by atoms with Crippen molar-refractivity contribution in [2.24, 2.45) is 17.8 Å². The van der Waals surface area contributed by atoms with Crippen LogP contribution in [0.2, 0.25) is 0 Å². The van der Waals surface area contributed by atoms with E-state index in [1.54, 1.807) is 0 Å². The van der Waals surface area contributed by atoms with Crippen LogP contribution < -0.4 is 0 Å². The lowest BCUT2D eigenvalue weighted by Crippen LogP contribution is -2.32. The van der Waals surface area contributed by atoms with Crippen LogP contribution in [0.5, 0.6) is 0 Å². The molecule has 4 atom stereocenters. The molecule has 0 aromatic carbocycles. The van der Waals surface area contributed by atoms with E-state index in [1.165, 1.54) is 51.5 Å². The van der Waals surface area contributed by atoms with Crippen molar-refractivity contribution < 1.29 is 4.42 Å². The first-order valence-electron chi connectivity index (χ1n) is 8.31.